The summed E-state index contributed by atoms with van der Waals surface area (Å²) in [7, 11) is 0. The molecule has 0 fully saturated rings. The highest BCUT2D eigenvalue weighted by Crippen LogP contribution is 2.17. The summed E-state index contributed by atoms with van der Waals surface area (Å²) in [4.78, 5) is 0. The van der Waals surface area contributed by atoms with E-state index < -0.39 is 0 Å². The molecule has 0 aliphatic rings. The zero-order chi connectivity index (χ0) is 12.8. The number of rotatable bonds is 5. The van der Waals surface area contributed by atoms with Crippen molar-refractivity contribution in [3.05, 3.63) is 71.3 Å². The Balaban J connectivity index is 2.02. The standard InChI is InChI=1S/C16H18BrN/c17-11-10-13-6-8-15(9-7-13)16(18)12-14-4-2-1-3-5-14/h1-9,16H,10-12,18H2/t16-/m0/s1. The van der Waals surface area contributed by atoms with Gasteiger partial charge in [0.15, 0.2) is 0 Å². The first-order valence-electron chi connectivity index (χ1n) is 6.24. The number of halogens is 1. The molecule has 0 heterocycles. The molecule has 0 saturated heterocycles. The van der Waals surface area contributed by atoms with Crippen molar-refractivity contribution in [2.24, 2.45) is 5.73 Å². The molecule has 2 aromatic carbocycles. The van der Waals surface area contributed by atoms with Gasteiger partial charge in [0.1, 0.15) is 0 Å². The minimum absolute atomic E-state index is 0.0745. The Hall–Kier alpha value is -1.12. The van der Waals surface area contributed by atoms with E-state index in [0.29, 0.717) is 0 Å². The van der Waals surface area contributed by atoms with Crippen LogP contribution in [0.25, 0.3) is 0 Å². The Morgan fingerprint density at radius 1 is 0.889 bits per heavy atom. The smallest absolute Gasteiger partial charge is 0.0335 e. The van der Waals surface area contributed by atoms with E-state index in [-0.39, 0.29) is 6.04 Å². The molecule has 18 heavy (non-hydrogen) atoms. The zero-order valence-corrected chi connectivity index (χ0v) is 11.9. The van der Waals surface area contributed by atoms with Crippen molar-refractivity contribution < 1.29 is 0 Å². The normalized spacial score (nSPS) is 12.3. The van der Waals surface area contributed by atoms with Crippen LogP contribution in [0.1, 0.15) is 22.7 Å². The van der Waals surface area contributed by atoms with Crippen molar-refractivity contribution in [3.8, 4) is 0 Å². The molecule has 0 amide bonds. The summed E-state index contributed by atoms with van der Waals surface area (Å²) < 4.78 is 0. The van der Waals surface area contributed by atoms with Crippen LogP contribution in [0.3, 0.4) is 0 Å². The van der Waals surface area contributed by atoms with Gasteiger partial charge in [-0.15, -0.1) is 0 Å². The van der Waals surface area contributed by atoms with Gasteiger partial charge in [0, 0.05) is 11.4 Å². The SMILES string of the molecule is N[C@@H](Cc1ccccc1)c1ccc(CCBr)cc1. The lowest BCUT2D eigenvalue weighted by Gasteiger charge is -2.12. The van der Waals surface area contributed by atoms with Crippen LogP contribution >= 0.6 is 15.9 Å². The van der Waals surface area contributed by atoms with E-state index in [1.165, 1.54) is 16.7 Å². The van der Waals surface area contributed by atoms with E-state index >= 15 is 0 Å². The maximum atomic E-state index is 6.24. The zero-order valence-electron chi connectivity index (χ0n) is 10.4. The van der Waals surface area contributed by atoms with Crippen LogP contribution in [0, 0.1) is 0 Å². The highest BCUT2D eigenvalue weighted by Gasteiger charge is 2.06. The summed E-state index contributed by atoms with van der Waals surface area (Å²) in [5.74, 6) is 0. The van der Waals surface area contributed by atoms with Gasteiger partial charge >= 0.3 is 0 Å². The molecular weight excluding hydrogens is 286 g/mol. The Labute approximate surface area is 117 Å². The molecule has 2 rings (SSSR count). The van der Waals surface area contributed by atoms with Crippen molar-refractivity contribution in [2.75, 3.05) is 5.33 Å². The number of alkyl halides is 1. The van der Waals surface area contributed by atoms with Crippen LogP contribution in [0.4, 0.5) is 0 Å². The maximum absolute atomic E-state index is 6.24. The van der Waals surface area contributed by atoms with Crippen LogP contribution in [-0.2, 0) is 12.8 Å². The summed E-state index contributed by atoms with van der Waals surface area (Å²) in [6, 6.07) is 19.1. The maximum Gasteiger partial charge on any atom is 0.0335 e. The van der Waals surface area contributed by atoms with Gasteiger partial charge in [0.05, 0.1) is 0 Å². The molecule has 0 spiro atoms. The average molecular weight is 304 g/mol. The van der Waals surface area contributed by atoms with Gasteiger partial charge in [-0.1, -0.05) is 70.5 Å². The van der Waals surface area contributed by atoms with Crippen LogP contribution in [-0.4, -0.2) is 5.33 Å². The molecule has 2 heteroatoms. The molecule has 0 aliphatic heterocycles. The summed E-state index contributed by atoms with van der Waals surface area (Å²) in [5.41, 5.74) is 10.1. The molecule has 2 N–H and O–H groups in total. The fraction of sp³-hybridized carbons (Fsp3) is 0.250. The van der Waals surface area contributed by atoms with Gasteiger partial charge in [-0.25, -0.2) is 0 Å². The molecule has 0 aliphatic carbocycles. The second kappa shape index (κ2) is 6.72. The summed E-state index contributed by atoms with van der Waals surface area (Å²) in [5, 5.41) is 1.00. The third kappa shape index (κ3) is 3.69. The van der Waals surface area contributed by atoms with Gasteiger partial charge in [-0.05, 0) is 29.5 Å². The minimum Gasteiger partial charge on any atom is -0.324 e. The van der Waals surface area contributed by atoms with Gasteiger partial charge in [-0.2, -0.15) is 0 Å². The number of benzene rings is 2. The number of nitrogens with two attached hydrogens (primary N) is 1. The topological polar surface area (TPSA) is 26.0 Å². The molecule has 0 bridgehead atoms. The first-order valence-corrected chi connectivity index (χ1v) is 7.36. The quantitative estimate of drug-likeness (QED) is 0.834. The molecule has 0 unspecified atom stereocenters. The number of hydrogen-bond acceptors (Lipinski definition) is 1. The Morgan fingerprint density at radius 3 is 2.17 bits per heavy atom. The molecule has 2 aromatic rings. The van der Waals surface area contributed by atoms with Gasteiger partial charge in [-0.3, -0.25) is 0 Å². The molecule has 1 atom stereocenters. The van der Waals surface area contributed by atoms with E-state index in [0.717, 1.165) is 18.2 Å². The van der Waals surface area contributed by atoms with Crippen molar-refractivity contribution in [1.29, 1.82) is 0 Å². The van der Waals surface area contributed by atoms with E-state index in [4.69, 9.17) is 5.73 Å². The largest absolute Gasteiger partial charge is 0.324 e. The Kier molecular flexibility index (Phi) is 4.97. The second-order valence-electron chi connectivity index (χ2n) is 4.48. The summed E-state index contributed by atoms with van der Waals surface area (Å²) in [6.07, 6.45) is 1.95. The molecule has 0 saturated carbocycles. The molecule has 94 valence electrons. The molecule has 0 aromatic heterocycles. The minimum atomic E-state index is 0.0745. The first kappa shape index (κ1) is 13.3. The predicted octanol–water partition coefficient (Wildman–Crippen LogP) is 3.87. The van der Waals surface area contributed by atoms with Gasteiger partial charge < -0.3 is 5.73 Å². The monoisotopic (exact) mass is 303 g/mol. The lowest BCUT2D eigenvalue weighted by molar-refractivity contribution is 0.721. The van der Waals surface area contributed by atoms with Crippen molar-refractivity contribution in [1.82, 2.24) is 0 Å². The summed E-state index contributed by atoms with van der Waals surface area (Å²) in [6.45, 7) is 0. The van der Waals surface area contributed by atoms with Crippen LogP contribution in [0.5, 0.6) is 0 Å². The first-order chi connectivity index (χ1) is 8.79. The predicted molar refractivity (Wildman–Crippen MR) is 81.0 cm³/mol. The molecular formula is C16H18BrN. The Bertz CT molecular complexity index is 464. The summed E-state index contributed by atoms with van der Waals surface area (Å²) >= 11 is 3.45. The number of hydrogen-bond donors (Lipinski definition) is 1. The van der Waals surface area contributed by atoms with Gasteiger partial charge in [0.2, 0.25) is 0 Å². The Morgan fingerprint density at radius 2 is 1.56 bits per heavy atom. The van der Waals surface area contributed by atoms with Crippen LogP contribution < -0.4 is 5.73 Å². The molecule has 0 radical (unpaired) electrons. The van der Waals surface area contributed by atoms with Crippen molar-refractivity contribution in [3.63, 3.8) is 0 Å². The second-order valence-corrected chi connectivity index (χ2v) is 5.27. The van der Waals surface area contributed by atoms with Gasteiger partial charge in [0.25, 0.3) is 0 Å². The average Bonchev–Trinajstić information content (AvgIpc) is 2.41. The van der Waals surface area contributed by atoms with E-state index in [1.807, 2.05) is 6.07 Å². The highest BCUT2D eigenvalue weighted by atomic mass is 79.9. The van der Waals surface area contributed by atoms with Crippen LogP contribution in [0.2, 0.25) is 0 Å². The van der Waals surface area contributed by atoms with Crippen molar-refractivity contribution >= 4 is 15.9 Å². The third-order valence-corrected chi connectivity index (χ3v) is 3.49. The van der Waals surface area contributed by atoms with E-state index in [9.17, 15) is 0 Å². The number of aryl methyl sites for hydroxylation is 1. The lowest BCUT2D eigenvalue weighted by atomic mass is 9.98. The fourth-order valence-electron chi connectivity index (χ4n) is 2.03. The molecule has 1 nitrogen and oxygen atoms in total. The third-order valence-electron chi connectivity index (χ3n) is 3.09. The highest BCUT2D eigenvalue weighted by molar-refractivity contribution is 9.09. The lowest BCUT2D eigenvalue weighted by Crippen LogP contribution is -2.13. The van der Waals surface area contributed by atoms with Crippen LogP contribution in [0.15, 0.2) is 54.6 Å². The fourth-order valence-corrected chi connectivity index (χ4v) is 2.48. The van der Waals surface area contributed by atoms with Crippen molar-refractivity contribution in [2.45, 2.75) is 18.9 Å². The van der Waals surface area contributed by atoms with E-state index in [2.05, 4.69) is 64.5 Å². The van der Waals surface area contributed by atoms with E-state index in [1.54, 1.807) is 0 Å².